The Morgan fingerprint density at radius 2 is 1.84 bits per heavy atom. The van der Waals surface area contributed by atoms with Gasteiger partial charge < -0.3 is 5.73 Å². The van der Waals surface area contributed by atoms with Crippen LogP contribution in [-0.2, 0) is 4.79 Å². The minimum atomic E-state index is 0.243. The van der Waals surface area contributed by atoms with Gasteiger partial charge in [-0.15, -0.1) is 0 Å². The SMILES string of the molecule is CCC1CCC(C(=O)/C=C/c2ccc(N)cc2)CC1. The van der Waals surface area contributed by atoms with Crippen LogP contribution in [0.25, 0.3) is 6.08 Å². The third kappa shape index (κ3) is 3.95. The fourth-order valence-electron chi connectivity index (χ4n) is 2.78. The third-order valence-electron chi connectivity index (χ3n) is 4.20. The average molecular weight is 257 g/mol. The topological polar surface area (TPSA) is 43.1 Å². The molecule has 0 spiro atoms. The van der Waals surface area contributed by atoms with Gasteiger partial charge in [-0.05, 0) is 55.4 Å². The van der Waals surface area contributed by atoms with Crippen molar-refractivity contribution in [2.45, 2.75) is 39.0 Å². The van der Waals surface area contributed by atoms with Crippen molar-refractivity contribution in [3.63, 3.8) is 0 Å². The average Bonchev–Trinajstić information content (AvgIpc) is 2.46. The van der Waals surface area contributed by atoms with Gasteiger partial charge in [-0.3, -0.25) is 4.79 Å². The van der Waals surface area contributed by atoms with Gasteiger partial charge in [0.25, 0.3) is 0 Å². The molecule has 102 valence electrons. The molecule has 0 atom stereocenters. The first-order chi connectivity index (χ1) is 9.19. The van der Waals surface area contributed by atoms with E-state index < -0.39 is 0 Å². The maximum absolute atomic E-state index is 12.1. The predicted molar refractivity (Wildman–Crippen MR) is 80.6 cm³/mol. The van der Waals surface area contributed by atoms with Crippen LogP contribution in [0.3, 0.4) is 0 Å². The van der Waals surface area contributed by atoms with Gasteiger partial charge in [0.15, 0.2) is 5.78 Å². The number of hydrogen-bond donors (Lipinski definition) is 1. The molecule has 0 saturated heterocycles. The molecule has 0 radical (unpaired) electrons. The van der Waals surface area contributed by atoms with Crippen LogP contribution in [0.4, 0.5) is 5.69 Å². The van der Waals surface area contributed by atoms with E-state index in [1.807, 2.05) is 30.3 Å². The van der Waals surface area contributed by atoms with Gasteiger partial charge >= 0.3 is 0 Å². The van der Waals surface area contributed by atoms with Crippen molar-refractivity contribution in [2.24, 2.45) is 11.8 Å². The minimum Gasteiger partial charge on any atom is -0.399 e. The predicted octanol–water partition coefficient (Wildman–Crippen LogP) is 4.07. The fraction of sp³-hybridized carbons (Fsp3) is 0.471. The molecular formula is C17H23NO. The van der Waals surface area contributed by atoms with Crippen LogP contribution >= 0.6 is 0 Å². The summed E-state index contributed by atoms with van der Waals surface area (Å²) in [5.74, 6) is 1.37. The van der Waals surface area contributed by atoms with Gasteiger partial charge in [-0.25, -0.2) is 0 Å². The van der Waals surface area contributed by atoms with Crippen LogP contribution in [0.15, 0.2) is 30.3 Å². The first-order valence-electron chi connectivity index (χ1n) is 7.26. The summed E-state index contributed by atoms with van der Waals surface area (Å²) < 4.78 is 0. The van der Waals surface area contributed by atoms with Crippen LogP contribution < -0.4 is 5.73 Å². The van der Waals surface area contributed by atoms with E-state index >= 15 is 0 Å². The Balaban J connectivity index is 1.89. The normalized spacial score (nSPS) is 23.6. The van der Waals surface area contributed by atoms with Gasteiger partial charge in [0.05, 0.1) is 0 Å². The van der Waals surface area contributed by atoms with Gasteiger partial charge in [0.1, 0.15) is 0 Å². The number of nitrogen functional groups attached to an aromatic ring is 1. The summed E-state index contributed by atoms with van der Waals surface area (Å²) in [5, 5.41) is 0. The molecular weight excluding hydrogens is 234 g/mol. The molecule has 1 saturated carbocycles. The first kappa shape index (κ1) is 13.9. The highest BCUT2D eigenvalue weighted by Crippen LogP contribution is 2.31. The summed E-state index contributed by atoms with van der Waals surface area (Å²) in [7, 11) is 0. The fourth-order valence-corrected chi connectivity index (χ4v) is 2.78. The Morgan fingerprint density at radius 3 is 2.42 bits per heavy atom. The van der Waals surface area contributed by atoms with Crippen molar-refractivity contribution in [3.05, 3.63) is 35.9 Å². The highest BCUT2D eigenvalue weighted by atomic mass is 16.1. The lowest BCUT2D eigenvalue weighted by Gasteiger charge is -2.25. The third-order valence-corrected chi connectivity index (χ3v) is 4.20. The molecule has 0 bridgehead atoms. The standard InChI is InChI=1S/C17H23NO/c1-2-13-3-8-15(9-4-13)17(19)12-7-14-5-10-16(18)11-6-14/h5-7,10-13,15H,2-4,8-9,18H2,1H3/b12-7+. The lowest BCUT2D eigenvalue weighted by Crippen LogP contribution is -2.20. The maximum atomic E-state index is 12.1. The summed E-state index contributed by atoms with van der Waals surface area (Å²) in [6.07, 6.45) is 9.43. The zero-order valence-electron chi connectivity index (χ0n) is 11.6. The van der Waals surface area contributed by atoms with E-state index in [0.717, 1.165) is 30.0 Å². The number of rotatable bonds is 4. The van der Waals surface area contributed by atoms with E-state index in [0.29, 0.717) is 0 Å². The van der Waals surface area contributed by atoms with E-state index in [9.17, 15) is 4.79 Å². The van der Waals surface area contributed by atoms with Crippen LogP contribution in [-0.4, -0.2) is 5.78 Å². The molecule has 0 heterocycles. The quantitative estimate of drug-likeness (QED) is 0.652. The van der Waals surface area contributed by atoms with Crippen molar-refractivity contribution in [3.8, 4) is 0 Å². The highest BCUT2D eigenvalue weighted by Gasteiger charge is 2.23. The van der Waals surface area contributed by atoms with Gasteiger partial charge in [-0.2, -0.15) is 0 Å². The molecule has 1 aromatic carbocycles. The number of carbonyl (C=O) groups excluding carboxylic acids is 1. The van der Waals surface area contributed by atoms with Crippen molar-refractivity contribution in [1.82, 2.24) is 0 Å². The van der Waals surface area contributed by atoms with E-state index in [1.165, 1.54) is 19.3 Å². The van der Waals surface area contributed by atoms with Gasteiger partial charge in [0, 0.05) is 11.6 Å². The molecule has 0 amide bonds. The first-order valence-corrected chi connectivity index (χ1v) is 7.26. The molecule has 0 aliphatic heterocycles. The molecule has 2 rings (SSSR count). The summed E-state index contributed by atoms with van der Waals surface area (Å²) in [6.45, 7) is 2.24. The summed E-state index contributed by atoms with van der Waals surface area (Å²) in [4.78, 5) is 12.1. The molecule has 2 heteroatoms. The minimum absolute atomic E-state index is 0.243. The van der Waals surface area contributed by atoms with E-state index in [1.54, 1.807) is 6.08 Å². The Hall–Kier alpha value is -1.57. The molecule has 1 aliphatic rings. The van der Waals surface area contributed by atoms with Gasteiger partial charge in [-0.1, -0.05) is 31.6 Å². The summed E-state index contributed by atoms with van der Waals surface area (Å²) >= 11 is 0. The van der Waals surface area contributed by atoms with Crippen LogP contribution in [0.2, 0.25) is 0 Å². The van der Waals surface area contributed by atoms with Crippen molar-refractivity contribution < 1.29 is 4.79 Å². The van der Waals surface area contributed by atoms with Gasteiger partial charge in [0.2, 0.25) is 0 Å². The molecule has 0 aromatic heterocycles. The van der Waals surface area contributed by atoms with Crippen LogP contribution in [0.5, 0.6) is 0 Å². The Bertz CT molecular complexity index is 439. The molecule has 1 aromatic rings. The number of allylic oxidation sites excluding steroid dienone is 1. The number of carbonyl (C=O) groups is 1. The lowest BCUT2D eigenvalue weighted by atomic mass is 9.79. The van der Waals surface area contributed by atoms with Crippen LogP contribution in [0.1, 0.15) is 44.6 Å². The monoisotopic (exact) mass is 257 g/mol. The molecule has 1 aliphatic carbocycles. The second-order valence-electron chi connectivity index (χ2n) is 5.53. The summed E-state index contributed by atoms with van der Waals surface area (Å²) in [5.41, 5.74) is 7.42. The number of anilines is 1. The molecule has 1 fully saturated rings. The Kier molecular flexibility index (Phi) is 4.78. The lowest BCUT2D eigenvalue weighted by molar-refractivity contribution is -0.119. The highest BCUT2D eigenvalue weighted by molar-refractivity contribution is 5.95. The van der Waals surface area contributed by atoms with Crippen LogP contribution in [0, 0.1) is 11.8 Å². The number of nitrogens with two attached hydrogens (primary N) is 1. The Morgan fingerprint density at radius 1 is 1.21 bits per heavy atom. The van der Waals surface area contributed by atoms with E-state index in [2.05, 4.69) is 6.92 Å². The number of ketones is 1. The smallest absolute Gasteiger partial charge is 0.158 e. The van der Waals surface area contributed by atoms with Crippen molar-refractivity contribution >= 4 is 17.5 Å². The van der Waals surface area contributed by atoms with Crippen molar-refractivity contribution in [1.29, 1.82) is 0 Å². The molecule has 2 nitrogen and oxygen atoms in total. The molecule has 0 unspecified atom stereocenters. The number of hydrogen-bond acceptors (Lipinski definition) is 2. The zero-order valence-corrected chi connectivity index (χ0v) is 11.6. The van der Waals surface area contributed by atoms with Crippen molar-refractivity contribution in [2.75, 3.05) is 5.73 Å². The zero-order chi connectivity index (χ0) is 13.7. The second kappa shape index (κ2) is 6.55. The van der Waals surface area contributed by atoms with E-state index in [-0.39, 0.29) is 11.7 Å². The molecule has 2 N–H and O–H groups in total. The maximum Gasteiger partial charge on any atom is 0.158 e. The summed E-state index contributed by atoms with van der Waals surface area (Å²) in [6, 6.07) is 7.59. The second-order valence-corrected chi connectivity index (χ2v) is 5.53. The molecule has 19 heavy (non-hydrogen) atoms. The Labute approximate surface area is 115 Å². The number of benzene rings is 1. The van der Waals surface area contributed by atoms with E-state index in [4.69, 9.17) is 5.73 Å². The largest absolute Gasteiger partial charge is 0.399 e.